The monoisotopic (exact) mass is 112 g/mol. The summed E-state index contributed by atoms with van der Waals surface area (Å²) in [6.45, 7) is 3.77. The van der Waals surface area contributed by atoms with Gasteiger partial charge in [0, 0.05) is 19.3 Å². The fraction of sp³-hybridized carbons (Fsp3) is 1.00. The smallest absolute Gasteiger partial charge is 0.0483 e. The van der Waals surface area contributed by atoms with Crippen molar-refractivity contribution in [1.29, 1.82) is 0 Å². The van der Waals surface area contributed by atoms with Gasteiger partial charge in [0.05, 0.1) is 0 Å². The second-order valence-corrected chi connectivity index (χ2v) is 2.78. The van der Waals surface area contributed by atoms with Crippen molar-refractivity contribution >= 4 is 0 Å². The van der Waals surface area contributed by atoms with Crippen LogP contribution in [0, 0.1) is 0 Å². The topological polar surface area (TPSA) is 15.3 Å². The predicted octanol–water partition coefficient (Wildman–Crippen LogP) is 0.0115. The molecule has 2 rings (SSSR count). The minimum Gasteiger partial charge on any atom is -0.300 e. The molecule has 2 bridgehead atoms. The Labute approximate surface area is 49.9 Å². The van der Waals surface area contributed by atoms with Gasteiger partial charge in [-0.25, -0.2) is 0 Å². The van der Waals surface area contributed by atoms with E-state index < -0.39 is 0 Å². The van der Waals surface area contributed by atoms with E-state index in [9.17, 15) is 0 Å². The Bertz CT molecular complexity index is 78.5. The van der Waals surface area contributed by atoms with Crippen LogP contribution in [0.3, 0.4) is 0 Å². The maximum atomic E-state index is 3.44. The van der Waals surface area contributed by atoms with Crippen molar-refractivity contribution in [2.75, 3.05) is 19.8 Å². The number of hydrogen-bond acceptors (Lipinski definition) is 2. The molecule has 2 atom stereocenters. The summed E-state index contributed by atoms with van der Waals surface area (Å²) in [4.78, 5) is 2.48. The molecule has 2 fully saturated rings. The Balaban J connectivity index is 2.03. The van der Waals surface area contributed by atoms with E-state index in [1.807, 2.05) is 0 Å². The highest BCUT2D eigenvalue weighted by Crippen LogP contribution is 2.13. The van der Waals surface area contributed by atoms with E-state index in [1.165, 1.54) is 25.9 Å². The molecule has 8 heavy (non-hydrogen) atoms. The molecule has 0 aromatic rings. The van der Waals surface area contributed by atoms with Gasteiger partial charge in [0.25, 0.3) is 0 Å². The minimum absolute atomic E-state index is 0.837. The first-order valence-corrected chi connectivity index (χ1v) is 3.41. The molecule has 0 amide bonds. The van der Waals surface area contributed by atoms with Crippen LogP contribution in [0.4, 0.5) is 0 Å². The Morgan fingerprint density at radius 1 is 1.50 bits per heavy atom. The second kappa shape index (κ2) is 1.71. The average Bonchev–Trinajstić information content (AvgIpc) is 2.12. The van der Waals surface area contributed by atoms with Crippen molar-refractivity contribution in [2.45, 2.75) is 18.9 Å². The van der Waals surface area contributed by atoms with Gasteiger partial charge in [-0.1, -0.05) is 0 Å². The largest absolute Gasteiger partial charge is 0.300 e. The van der Waals surface area contributed by atoms with E-state index in [2.05, 4.69) is 10.2 Å². The lowest BCUT2D eigenvalue weighted by Gasteiger charge is -2.19. The van der Waals surface area contributed by atoms with E-state index in [1.54, 1.807) is 0 Å². The van der Waals surface area contributed by atoms with Crippen LogP contribution >= 0.6 is 0 Å². The van der Waals surface area contributed by atoms with Gasteiger partial charge in [-0.05, 0) is 19.4 Å². The van der Waals surface area contributed by atoms with Crippen LogP contribution < -0.4 is 5.32 Å². The zero-order valence-electron chi connectivity index (χ0n) is 5.06. The van der Waals surface area contributed by atoms with Crippen LogP contribution in [0.15, 0.2) is 0 Å². The molecular formula is C6H12N2. The molecule has 2 nitrogen and oxygen atoms in total. The molecule has 2 saturated heterocycles. The summed E-state index contributed by atoms with van der Waals surface area (Å²) in [6, 6.07) is 0.837. The molecule has 0 aromatic heterocycles. The quantitative estimate of drug-likeness (QED) is 0.475. The van der Waals surface area contributed by atoms with Gasteiger partial charge < -0.3 is 5.32 Å². The van der Waals surface area contributed by atoms with E-state index in [4.69, 9.17) is 0 Å². The van der Waals surface area contributed by atoms with E-state index >= 15 is 0 Å². The molecule has 0 spiro atoms. The van der Waals surface area contributed by atoms with Crippen LogP contribution in [-0.2, 0) is 0 Å². The number of fused-ring (bicyclic) bond motifs is 2. The predicted molar refractivity (Wildman–Crippen MR) is 32.6 cm³/mol. The van der Waals surface area contributed by atoms with E-state index in [0.29, 0.717) is 0 Å². The fourth-order valence-electron chi connectivity index (χ4n) is 1.62. The lowest BCUT2D eigenvalue weighted by molar-refractivity contribution is 0.293. The summed E-state index contributed by atoms with van der Waals surface area (Å²) in [5.74, 6) is 0. The lowest BCUT2D eigenvalue weighted by atomic mass is 10.1. The maximum absolute atomic E-state index is 3.44. The van der Waals surface area contributed by atoms with E-state index in [0.717, 1.165) is 12.7 Å². The third-order valence-corrected chi connectivity index (χ3v) is 2.11. The molecule has 46 valence electrons. The molecule has 2 aliphatic heterocycles. The molecule has 2 aliphatic rings. The first kappa shape index (κ1) is 4.77. The second-order valence-electron chi connectivity index (χ2n) is 2.78. The first-order chi connectivity index (χ1) is 3.95. The van der Waals surface area contributed by atoms with Crippen LogP contribution in [0.2, 0.25) is 0 Å². The van der Waals surface area contributed by atoms with Crippen molar-refractivity contribution in [3.63, 3.8) is 0 Å². The van der Waals surface area contributed by atoms with Gasteiger partial charge in [-0.3, -0.25) is 4.90 Å². The van der Waals surface area contributed by atoms with Gasteiger partial charge in [0.1, 0.15) is 0 Å². The van der Waals surface area contributed by atoms with Crippen molar-refractivity contribution in [2.24, 2.45) is 0 Å². The third kappa shape index (κ3) is 0.644. The molecular weight excluding hydrogens is 100 g/mol. The van der Waals surface area contributed by atoms with Crippen molar-refractivity contribution in [1.82, 2.24) is 10.2 Å². The van der Waals surface area contributed by atoms with Crippen LogP contribution in [-0.4, -0.2) is 30.7 Å². The third-order valence-electron chi connectivity index (χ3n) is 2.11. The Hall–Kier alpha value is -0.0800. The summed E-state index contributed by atoms with van der Waals surface area (Å²) in [6.07, 6.45) is 2.80. The molecule has 1 N–H and O–H groups in total. The van der Waals surface area contributed by atoms with Crippen molar-refractivity contribution in [3.05, 3.63) is 0 Å². The molecule has 0 radical (unpaired) electrons. The number of nitrogens with one attached hydrogen (secondary N) is 1. The minimum atomic E-state index is 0.837. The highest BCUT2D eigenvalue weighted by molar-refractivity contribution is 4.83. The molecule has 0 aromatic carbocycles. The summed E-state index contributed by atoms with van der Waals surface area (Å²) in [5.41, 5.74) is 0. The van der Waals surface area contributed by atoms with Gasteiger partial charge in [-0.2, -0.15) is 0 Å². The molecule has 2 heterocycles. The Morgan fingerprint density at radius 2 is 2.50 bits per heavy atom. The number of rotatable bonds is 0. The van der Waals surface area contributed by atoms with Gasteiger partial charge in [-0.15, -0.1) is 0 Å². The van der Waals surface area contributed by atoms with Crippen LogP contribution in [0.5, 0.6) is 0 Å². The number of nitrogens with zero attached hydrogens (tertiary/aromatic N) is 1. The summed E-state index contributed by atoms with van der Waals surface area (Å²) in [7, 11) is 0. The zero-order valence-corrected chi connectivity index (χ0v) is 5.06. The summed E-state index contributed by atoms with van der Waals surface area (Å²) < 4.78 is 0. The standard InChI is InChI=1S/C6H12N2/c1-2-6-4-8(3-1)5-7-6/h6-7H,1-5H2. The van der Waals surface area contributed by atoms with Crippen molar-refractivity contribution in [3.8, 4) is 0 Å². The van der Waals surface area contributed by atoms with Gasteiger partial charge in [0.15, 0.2) is 0 Å². The molecule has 2 unspecified atom stereocenters. The van der Waals surface area contributed by atoms with Gasteiger partial charge >= 0.3 is 0 Å². The maximum Gasteiger partial charge on any atom is 0.0483 e. The zero-order chi connectivity index (χ0) is 5.40. The lowest BCUT2D eigenvalue weighted by Crippen LogP contribution is -2.29. The SMILES string of the molecule is C1CC2CN(C1)CN2. The van der Waals surface area contributed by atoms with Crippen molar-refractivity contribution < 1.29 is 0 Å². The molecule has 2 heteroatoms. The number of hydrogen-bond donors (Lipinski definition) is 1. The molecule has 0 saturated carbocycles. The average molecular weight is 112 g/mol. The molecule has 0 aliphatic carbocycles. The Morgan fingerprint density at radius 3 is 3.25 bits per heavy atom. The van der Waals surface area contributed by atoms with Gasteiger partial charge in [0.2, 0.25) is 0 Å². The number of piperidine rings is 1. The summed E-state index contributed by atoms with van der Waals surface area (Å²) >= 11 is 0. The Kier molecular flexibility index (Phi) is 1.02. The fourth-order valence-corrected chi connectivity index (χ4v) is 1.62. The highest BCUT2D eigenvalue weighted by atomic mass is 15.3. The first-order valence-electron chi connectivity index (χ1n) is 3.41. The van der Waals surface area contributed by atoms with E-state index in [-0.39, 0.29) is 0 Å². The highest BCUT2D eigenvalue weighted by Gasteiger charge is 2.24. The summed E-state index contributed by atoms with van der Waals surface area (Å²) in [5, 5.41) is 3.44. The normalized spacial score (nSPS) is 45.0. The van der Waals surface area contributed by atoms with Crippen LogP contribution in [0.1, 0.15) is 12.8 Å². The van der Waals surface area contributed by atoms with Crippen LogP contribution in [0.25, 0.3) is 0 Å².